The average Bonchev–Trinajstić information content (AvgIpc) is 3.24. The minimum atomic E-state index is -0.365. The van der Waals surface area contributed by atoms with Gasteiger partial charge in [0.2, 0.25) is 5.91 Å². The van der Waals surface area contributed by atoms with E-state index >= 15 is 0 Å². The van der Waals surface area contributed by atoms with Gasteiger partial charge in [0.25, 0.3) is 11.1 Å². The van der Waals surface area contributed by atoms with Crippen LogP contribution in [0.4, 0.5) is 10.5 Å². The van der Waals surface area contributed by atoms with Crippen LogP contribution in [0.1, 0.15) is 49.7 Å². The van der Waals surface area contributed by atoms with Gasteiger partial charge in [-0.1, -0.05) is 18.9 Å². The molecule has 3 amide bonds. The maximum atomic E-state index is 12.8. The zero-order valence-corrected chi connectivity index (χ0v) is 18.4. The average molecular weight is 428 g/mol. The lowest BCUT2D eigenvalue weighted by Gasteiger charge is -2.22. The number of imide groups is 1. The molecule has 0 saturated carbocycles. The highest BCUT2D eigenvalue weighted by Gasteiger charge is 2.37. The molecule has 30 heavy (non-hydrogen) atoms. The van der Waals surface area contributed by atoms with Crippen molar-refractivity contribution in [2.75, 3.05) is 37.6 Å². The maximum Gasteiger partial charge on any atom is 0.294 e. The van der Waals surface area contributed by atoms with Crippen molar-refractivity contribution >= 4 is 40.6 Å². The number of aryl methyl sites for hydroxylation is 1. The van der Waals surface area contributed by atoms with E-state index in [0.717, 1.165) is 66.6 Å². The molecule has 0 unspecified atom stereocenters. The predicted octanol–water partition coefficient (Wildman–Crippen LogP) is 4.03. The van der Waals surface area contributed by atoms with Gasteiger partial charge in [-0.2, -0.15) is 0 Å². The lowest BCUT2D eigenvalue weighted by Crippen LogP contribution is -2.42. The second kappa shape index (κ2) is 9.25. The third-order valence-electron chi connectivity index (χ3n) is 6.14. The molecule has 0 N–H and O–H groups in total. The van der Waals surface area contributed by atoms with Crippen LogP contribution < -0.4 is 4.90 Å². The molecule has 7 heteroatoms. The molecule has 3 heterocycles. The number of anilines is 1. The molecule has 160 valence electrons. The van der Waals surface area contributed by atoms with Crippen LogP contribution in [-0.2, 0) is 9.59 Å². The first-order valence-corrected chi connectivity index (χ1v) is 11.7. The summed E-state index contributed by atoms with van der Waals surface area (Å²) in [6, 6.07) is 6.24. The summed E-state index contributed by atoms with van der Waals surface area (Å²) in [5.41, 5.74) is 3.22. The van der Waals surface area contributed by atoms with Crippen LogP contribution in [0.15, 0.2) is 23.1 Å². The highest BCUT2D eigenvalue weighted by atomic mass is 32.2. The van der Waals surface area contributed by atoms with E-state index in [2.05, 4.69) is 17.0 Å². The molecule has 0 radical (unpaired) electrons. The third kappa shape index (κ3) is 4.56. The van der Waals surface area contributed by atoms with E-state index in [9.17, 15) is 14.4 Å². The van der Waals surface area contributed by atoms with E-state index in [4.69, 9.17) is 0 Å². The molecule has 3 aliphatic heterocycles. The van der Waals surface area contributed by atoms with Gasteiger partial charge in [-0.15, -0.1) is 0 Å². The van der Waals surface area contributed by atoms with E-state index in [0.29, 0.717) is 18.0 Å². The molecule has 0 aromatic heterocycles. The zero-order chi connectivity index (χ0) is 21.1. The number of likely N-dealkylation sites (tertiary alicyclic amines) is 1. The largest absolute Gasteiger partial charge is 0.372 e. The number of benzene rings is 1. The minimum Gasteiger partial charge on any atom is -0.372 e. The fourth-order valence-electron chi connectivity index (χ4n) is 4.33. The topological polar surface area (TPSA) is 60.9 Å². The Labute approximate surface area is 182 Å². The summed E-state index contributed by atoms with van der Waals surface area (Å²) in [6.45, 7) is 5.47. The molecule has 6 nitrogen and oxygen atoms in total. The second-order valence-electron chi connectivity index (χ2n) is 8.30. The Morgan fingerprint density at radius 1 is 1.00 bits per heavy atom. The number of thioether (sulfide) groups is 1. The van der Waals surface area contributed by atoms with Crippen molar-refractivity contribution in [3.8, 4) is 0 Å². The Bertz CT molecular complexity index is 868. The van der Waals surface area contributed by atoms with Crippen LogP contribution >= 0.6 is 11.8 Å². The molecule has 4 rings (SSSR count). The number of rotatable bonds is 4. The van der Waals surface area contributed by atoms with Gasteiger partial charge in [0.15, 0.2) is 0 Å². The van der Waals surface area contributed by atoms with Crippen LogP contribution in [0.25, 0.3) is 6.08 Å². The van der Waals surface area contributed by atoms with Crippen molar-refractivity contribution in [1.82, 2.24) is 9.80 Å². The second-order valence-corrected chi connectivity index (χ2v) is 9.29. The summed E-state index contributed by atoms with van der Waals surface area (Å²) in [4.78, 5) is 43.5. The fraction of sp³-hybridized carbons (Fsp3) is 0.522. The van der Waals surface area contributed by atoms with Gasteiger partial charge in [0.05, 0.1) is 4.91 Å². The van der Waals surface area contributed by atoms with Gasteiger partial charge in [-0.3, -0.25) is 19.3 Å². The van der Waals surface area contributed by atoms with E-state index in [1.54, 1.807) is 11.0 Å². The third-order valence-corrected chi connectivity index (χ3v) is 7.04. The smallest absolute Gasteiger partial charge is 0.294 e. The number of nitrogens with zero attached hydrogens (tertiary/aromatic N) is 3. The van der Waals surface area contributed by atoms with Crippen LogP contribution in [0.2, 0.25) is 0 Å². The monoisotopic (exact) mass is 427 g/mol. The van der Waals surface area contributed by atoms with Crippen LogP contribution in [0, 0.1) is 6.92 Å². The highest BCUT2D eigenvalue weighted by Crippen LogP contribution is 2.33. The summed E-state index contributed by atoms with van der Waals surface area (Å²) in [7, 11) is 0. The quantitative estimate of drug-likeness (QED) is 0.679. The normalized spacial score (nSPS) is 21.6. The van der Waals surface area contributed by atoms with Gasteiger partial charge in [-0.05, 0) is 73.7 Å². The molecule has 1 aromatic carbocycles. The van der Waals surface area contributed by atoms with Gasteiger partial charge in [-0.25, -0.2) is 0 Å². The fourth-order valence-corrected chi connectivity index (χ4v) is 5.16. The van der Waals surface area contributed by atoms with E-state index in [-0.39, 0.29) is 23.6 Å². The Hall–Kier alpha value is -2.28. The SMILES string of the molecule is Cc1cc(N2CCCC2)ccc1/C=C1\SC(=O)N(CC(=O)N2CCCCCC2)C1=O. The maximum absolute atomic E-state index is 12.8. The van der Waals surface area contributed by atoms with Gasteiger partial charge in [0.1, 0.15) is 6.54 Å². The lowest BCUT2D eigenvalue weighted by atomic mass is 10.1. The van der Waals surface area contributed by atoms with Crippen molar-refractivity contribution in [2.24, 2.45) is 0 Å². The molecular weight excluding hydrogens is 398 g/mol. The molecule has 0 bridgehead atoms. The van der Waals surface area contributed by atoms with Gasteiger partial charge >= 0.3 is 0 Å². The number of hydrogen-bond donors (Lipinski definition) is 0. The van der Waals surface area contributed by atoms with Crippen molar-refractivity contribution in [3.05, 3.63) is 34.2 Å². The number of hydrogen-bond acceptors (Lipinski definition) is 5. The molecular formula is C23H29N3O3S. The summed E-state index contributed by atoms with van der Waals surface area (Å²) in [5, 5.41) is -0.360. The molecule has 3 saturated heterocycles. The first-order valence-electron chi connectivity index (χ1n) is 10.9. The Balaban J connectivity index is 1.45. The summed E-state index contributed by atoms with van der Waals surface area (Å²) < 4.78 is 0. The molecule has 0 atom stereocenters. The van der Waals surface area contributed by atoms with Crippen molar-refractivity contribution in [3.63, 3.8) is 0 Å². The molecule has 0 aliphatic carbocycles. The standard InChI is InChI=1S/C23H29N3O3S/c1-17-14-19(24-10-6-7-11-24)9-8-18(17)15-20-22(28)26(23(29)30-20)16-21(27)25-12-4-2-3-5-13-25/h8-9,14-15H,2-7,10-13,16H2,1H3/b20-15-. The predicted molar refractivity (Wildman–Crippen MR) is 120 cm³/mol. The first kappa shape index (κ1) is 21.0. The zero-order valence-electron chi connectivity index (χ0n) is 17.6. The van der Waals surface area contributed by atoms with E-state index in [1.807, 2.05) is 13.0 Å². The van der Waals surface area contributed by atoms with Crippen LogP contribution in [0.5, 0.6) is 0 Å². The van der Waals surface area contributed by atoms with Crippen molar-refractivity contribution in [2.45, 2.75) is 45.4 Å². The Morgan fingerprint density at radius 2 is 1.67 bits per heavy atom. The lowest BCUT2D eigenvalue weighted by molar-refractivity contribution is -0.135. The van der Waals surface area contributed by atoms with Crippen LogP contribution in [0.3, 0.4) is 0 Å². The molecule has 1 aromatic rings. The van der Waals surface area contributed by atoms with E-state index in [1.165, 1.54) is 18.5 Å². The highest BCUT2D eigenvalue weighted by molar-refractivity contribution is 8.18. The minimum absolute atomic E-state index is 0.133. The number of carbonyl (C=O) groups excluding carboxylic acids is 3. The van der Waals surface area contributed by atoms with Crippen LogP contribution in [-0.4, -0.2) is 59.6 Å². The number of amides is 3. The van der Waals surface area contributed by atoms with Crippen molar-refractivity contribution < 1.29 is 14.4 Å². The summed E-state index contributed by atoms with van der Waals surface area (Å²) >= 11 is 0.925. The molecule has 3 aliphatic rings. The summed E-state index contributed by atoms with van der Waals surface area (Å²) in [6.07, 6.45) is 8.47. The Kier molecular flexibility index (Phi) is 6.46. The molecule has 3 fully saturated rings. The number of carbonyl (C=O) groups is 3. The van der Waals surface area contributed by atoms with Crippen molar-refractivity contribution in [1.29, 1.82) is 0 Å². The first-order chi connectivity index (χ1) is 14.5. The Morgan fingerprint density at radius 3 is 2.33 bits per heavy atom. The van der Waals surface area contributed by atoms with E-state index < -0.39 is 0 Å². The molecule has 0 spiro atoms. The van der Waals surface area contributed by atoms with Gasteiger partial charge < -0.3 is 9.80 Å². The van der Waals surface area contributed by atoms with Gasteiger partial charge in [0, 0.05) is 31.9 Å². The summed E-state index contributed by atoms with van der Waals surface area (Å²) in [5.74, 6) is -0.497.